The van der Waals surface area contributed by atoms with Crippen LogP contribution in [0, 0.1) is 0 Å². The van der Waals surface area contributed by atoms with Crippen molar-refractivity contribution in [3.05, 3.63) is 48.2 Å². The Morgan fingerprint density at radius 3 is 2.52 bits per heavy atom. The summed E-state index contributed by atoms with van der Waals surface area (Å²) >= 11 is 0. The quantitative estimate of drug-likeness (QED) is 0.888. The van der Waals surface area contributed by atoms with Crippen molar-refractivity contribution in [2.45, 2.75) is 18.4 Å². The van der Waals surface area contributed by atoms with Gasteiger partial charge in [-0.2, -0.15) is 0 Å². The lowest BCUT2D eigenvalue weighted by atomic mass is 10.2. The highest BCUT2D eigenvalue weighted by atomic mass is 32.2. The molecule has 0 aliphatic rings. The van der Waals surface area contributed by atoms with Gasteiger partial charge in [0.25, 0.3) is 0 Å². The lowest BCUT2D eigenvalue weighted by molar-refractivity contribution is 0.306. The molecule has 0 bridgehead atoms. The van der Waals surface area contributed by atoms with Crippen LogP contribution in [0.3, 0.4) is 0 Å². The van der Waals surface area contributed by atoms with E-state index in [0.717, 1.165) is 17.9 Å². The van der Waals surface area contributed by atoms with Gasteiger partial charge in [0.15, 0.2) is 9.84 Å². The van der Waals surface area contributed by atoms with Crippen molar-refractivity contribution < 1.29 is 13.2 Å². The second kappa shape index (κ2) is 6.58. The first-order valence-electron chi connectivity index (χ1n) is 6.61. The predicted octanol–water partition coefficient (Wildman–Crippen LogP) is 2.50. The number of benzene rings is 1. The molecule has 0 saturated heterocycles. The van der Waals surface area contributed by atoms with Crippen LogP contribution < -0.4 is 10.1 Å². The van der Waals surface area contributed by atoms with Crippen LogP contribution in [-0.2, 0) is 16.4 Å². The zero-order valence-electron chi connectivity index (χ0n) is 12.0. The van der Waals surface area contributed by atoms with Crippen molar-refractivity contribution in [2.75, 3.05) is 18.1 Å². The van der Waals surface area contributed by atoms with Gasteiger partial charge in [0.2, 0.25) is 0 Å². The average molecular weight is 306 g/mol. The first-order chi connectivity index (χ1) is 10.0. The molecule has 0 aliphatic heterocycles. The molecule has 112 valence electrons. The maximum atomic E-state index is 11.4. The lowest BCUT2D eigenvalue weighted by Crippen LogP contribution is -2.05. The zero-order chi connectivity index (χ0) is 15.3. The number of pyridine rings is 1. The predicted molar refractivity (Wildman–Crippen MR) is 82.3 cm³/mol. The molecule has 6 heteroatoms. The molecule has 1 aromatic heterocycles. The Bertz CT molecular complexity index is 697. The molecule has 0 saturated carbocycles. The van der Waals surface area contributed by atoms with Crippen LogP contribution in [0.5, 0.6) is 5.75 Å². The third-order valence-electron chi connectivity index (χ3n) is 2.88. The summed E-state index contributed by atoms with van der Waals surface area (Å²) in [6, 6.07) is 10.2. The van der Waals surface area contributed by atoms with Gasteiger partial charge in [-0.1, -0.05) is 6.07 Å². The third-order valence-corrected chi connectivity index (χ3v) is 4.01. The van der Waals surface area contributed by atoms with Crippen molar-refractivity contribution >= 4 is 15.7 Å². The molecule has 1 heterocycles. The minimum Gasteiger partial charge on any atom is -0.489 e. The van der Waals surface area contributed by atoms with Crippen molar-refractivity contribution in [1.82, 2.24) is 4.98 Å². The second-order valence-electron chi connectivity index (χ2n) is 4.57. The number of rotatable bonds is 6. The van der Waals surface area contributed by atoms with E-state index >= 15 is 0 Å². The molecular formula is C15H18N2O3S. The fraction of sp³-hybridized carbons (Fsp3) is 0.267. The first-order valence-corrected chi connectivity index (χ1v) is 8.50. The van der Waals surface area contributed by atoms with E-state index in [4.69, 9.17) is 4.74 Å². The maximum absolute atomic E-state index is 11.4. The molecule has 2 rings (SSSR count). The van der Waals surface area contributed by atoms with E-state index in [-0.39, 0.29) is 4.90 Å². The molecule has 0 radical (unpaired) electrons. The summed E-state index contributed by atoms with van der Waals surface area (Å²) in [5, 5.41) is 3.17. The van der Waals surface area contributed by atoms with E-state index in [1.807, 2.05) is 19.1 Å². The number of anilines is 1. The smallest absolute Gasteiger partial charge is 0.175 e. The number of sulfone groups is 1. The van der Waals surface area contributed by atoms with Gasteiger partial charge in [0, 0.05) is 24.6 Å². The third kappa shape index (κ3) is 4.19. The Balaban J connectivity index is 2.07. The normalized spacial score (nSPS) is 11.1. The van der Waals surface area contributed by atoms with E-state index in [9.17, 15) is 8.42 Å². The van der Waals surface area contributed by atoms with Gasteiger partial charge in [-0.05, 0) is 37.3 Å². The molecule has 1 N–H and O–H groups in total. The van der Waals surface area contributed by atoms with Crippen molar-refractivity contribution in [2.24, 2.45) is 0 Å². The number of nitrogens with one attached hydrogen (secondary N) is 1. The zero-order valence-corrected chi connectivity index (χ0v) is 12.9. The van der Waals surface area contributed by atoms with Crippen LogP contribution in [-0.4, -0.2) is 26.2 Å². The minimum absolute atomic E-state index is 0.282. The summed E-state index contributed by atoms with van der Waals surface area (Å²) < 4.78 is 28.4. The Labute approximate surface area is 124 Å². The van der Waals surface area contributed by atoms with Gasteiger partial charge >= 0.3 is 0 Å². The summed E-state index contributed by atoms with van der Waals surface area (Å²) in [5.74, 6) is 1.42. The van der Waals surface area contributed by atoms with E-state index in [0.29, 0.717) is 12.4 Å². The van der Waals surface area contributed by atoms with Gasteiger partial charge in [0.1, 0.15) is 18.2 Å². The van der Waals surface area contributed by atoms with Crippen LogP contribution in [0.2, 0.25) is 0 Å². The van der Waals surface area contributed by atoms with Crippen LogP contribution in [0.1, 0.15) is 12.5 Å². The molecule has 21 heavy (non-hydrogen) atoms. The Morgan fingerprint density at radius 1 is 1.19 bits per heavy atom. The van der Waals surface area contributed by atoms with Crippen molar-refractivity contribution in [3.8, 4) is 5.75 Å². The van der Waals surface area contributed by atoms with E-state index in [2.05, 4.69) is 10.3 Å². The van der Waals surface area contributed by atoms with Crippen LogP contribution in [0.15, 0.2) is 47.5 Å². The Kier molecular flexibility index (Phi) is 4.80. The number of hydrogen-bond donors (Lipinski definition) is 1. The molecule has 0 spiro atoms. The number of hydrogen-bond acceptors (Lipinski definition) is 5. The maximum Gasteiger partial charge on any atom is 0.175 e. The molecule has 0 atom stereocenters. The van der Waals surface area contributed by atoms with Crippen LogP contribution in [0.4, 0.5) is 5.82 Å². The number of aromatic nitrogens is 1. The largest absolute Gasteiger partial charge is 0.489 e. The Morgan fingerprint density at radius 2 is 1.90 bits per heavy atom. The fourth-order valence-corrected chi connectivity index (χ4v) is 2.46. The van der Waals surface area contributed by atoms with E-state index < -0.39 is 9.84 Å². The summed E-state index contributed by atoms with van der Waals surface area (Å²) in [7, 11) is -3.18. The highest BCUT2D eigenvalue weighted by Crippen LogP contribution is 2.19. The Hall–Kier alpha value is -2.08. The van der Waals surface area contributed by atoms with Gasteiger partial charge in [-0.3, -0.25) is 0 Å². The van der Waals surface area contributed by atoms with Gasteiger partial charge in [-0.25, -0.2) is 13.4 Å². The summed E-state index contributed by atoms with van der Waals surface area (Å²) in [6.07, 6.45) is 2.91. The van der Waals surface area contributed by atoms with Crippen LogP contribution >= 0.6 is 0 Å². The van der Waals surface area contributed by atoms with Crippen molar-refractivity contribution in [1.29, 1.82) is 0 Å². The van der Waals surface area contributed by atoms with Crippen LogP contribution in [0.25, 0.3) is 0 Å². The molecule has 0 amide bonds. The molecule has 0 aliphatic carbocycles. The van der Waals surface area contributed by atoms with Gasteiger partial charge in [-0.15, -0.1) is 0 Å². The topological polar surface area (TPSA) is 68.3 Å². The lowest BCUT2D eigenvalue weighted by Gasteiger charge is -2.11. The molecule has 2 aromatic rings. The molecule has 1 aromatic carbocycles. The van der Waals surface area contributed by atoms with Crippen molar-refractivity contribution in [3.63, 3.8) is 0 Å². The first kappa shape index (κ1) is 15.3. The second-order valence-corrected chi connectivity index (χ2v) is 6.59. The SMILES string of the molecule is CCNc1ncccc1COc1ccc(S(C)(=O)=O)cc1. The van der Waals surface area contributed by atoms with E-state index in [1.54, 1.807) is 30.5 Å². The summed E-state index contributed by atoms with van der Waals surface area (Å²) in [6.45, 7) is 3.16. The summed E-state index contributed by atoms with van der Waals surface area (Å²) in [4.78, 5) is 4.54. The fourth-order valence-electron chi connectivity index (χ4n) is 1.83. The molecular weight excluding hydrogens is 288 g/mol. The molecule has 0 fully saturated rings. The highest BCUT2D eigenvalue weighted by molar-refractivity contribution is 7.90. The molecule has 0 unspecified atom stereocenters. The average Bonchev–Trinajstić information content (AvgIpc) is 2.46. The minimum atomic E-state index is -3.18. The standard InChI is InChI=1S/C15H18N2O3S/c1-3-16-15-12(5-4-10-17-15)11-20-13-6-8-14(9-7-13)21(2,18)19/h4-10H,3,11H2,1-2H3,(H,16,17). The summed E-state index contributed by atoms with van der Waals surface area (Å²) in [5.41, 5.74) is 0.950. The number of ether oxygens (including phenoxy) is 1. The van der Waals surface area contributed by atoms with Gasteiger partial charge in [0.05, 0.1) is 4.90 Å². The monoisotopic (exact) mass is 306 g/mol. The number of nitrogens with zero attached hydrogens (tertiary/aromatic N) is 1. The highest BCUT2D eigenvalue weighted by Gasteiger charge is 2.07. The molecule has 5 nitrogen and oxygen atoms in total. The van der Waals surface area contributed by atoms with E-state index in [1.165, 1.54) is 6.26 Å². The van der Waals surface area contributed by atoms with Gasteiger partial charge < -0.3 is 10.1 Å².